The molecule has 0 spiro atoms. The molecule has 0 saturated heterocycles. The van der Waals surface area contributed by atoms with Gasteiger partial charge in [0.2, 0.25) is 5.91 Å². The van der Waals surface area contributed by atoms with Gasteiger partial charge in [0.15, 0.2) is 0 Å². The molecule has 2 fully saturated rings. The van der Waals surface area contributed by atoms with Gasteiger partial charge >= 0.3 is 0 Å². The molecule has 1 aromatic carbocycles. The Balaban J connectivity index is 1.51. The van der Waals surface area contributed by atoms with Crippen molar-refractivity contribution >= 4 is 17.3 Å². The minimum absolute atomic E-state index is 0.177. The van der Waals surface area contributed by atoms with Crippen molar-refractivity contribution in [3.63, 3.8) is 0 Å². The Hall–Kier alpha value is -1.51. The van der Waals surface area contributed by atoms with Crippen molar-refractivity contribution in [3.05, 3.63) is 24.3 Å². The normalized spacial score (nSPS) is 20.4. The Morgan fingerprint density at radius 3 is 2.00 bits per heavy atom. The van der Waals surface area contributed by atoms with Gasteiger partial charge in [0.25, 0.3) is 0 Å². The van der Waals surface area contributed by atoms with Crippen LogP contribution in [0.3, 0.4) is 0 Å². The highest BCUT2D eigenvalue weighted by molar-refractivity contribution is 5.94. The second-order valence-corrected chi connectivity index (χ2v) is 6.53. The molecule has 21 heavy (non-hydrogen) atoms. The zero-order valence-electron chi connectivity index (χ0n) is 12.7. The van der Waals surface area contributed by atoms with Gasteiger partial charge in [-0.2, -0.15) is 0 Å². The highest BCUT2D eigenvalue weighted by atomic mass is 16.2. The van der Waals surface area contributed by atoms with Gasteiger partial charge in [0.1, 0.15) is 0 Å². The molecule has 114 valence electrons. The molecule has 2 aliphatic rings. The van der Waals surface area contributed by atoms with Crippen LogP contribution in [-0.4, -0.2) is 11.9 Å². The van der Waals surface area contributed by atoms with Crippen LogP contribution in [0.15, 0.2) is 24.3 Å². The predicted molar refractivity (Wildman–Crippen MR) is 87.5 cm³/mol. The van der Waals surface area contributed by atoms with E-state index < -0.39 is 0 Å². The molecule has 0 aliphatic heterocycles. The number of carbonyl (C=O) groups excluding carboxylic acids is 1. The SMILES string of the molecule is O=C(Nc1ccc(NC2CCCCCCC2)cc1)C1CC1. The second kappa shape index (κ2) is 6.97. The molecular weight excluding hydrogens is 260 g/mol. The molecule has 1 aromatic rings. The van der Waals surface area contributed by atoms with E-state index in [-0.39, 0.29) is 11.8 Å². The van der Waals surface area contributed by atoms with Gasteiger partial charge in [-0.15, -0.1) is 0 Å². The summed E-state index contributed by atoms with van der Waals surface area (Å²) in [6.45, 7) is 0. The number of hydrogen-bond acceptors (Lipinski definition) is 2. The average Bonchev–Trinajstić information content (AvgIpc) is 3.28. The lowest BCUT2D eigenvalue weighted by Crippen LogP contribution is -2.20. The fourth-order valence-corrected chi connectivity index (χ4v) is 3.08. The van der Waals surface area contributed by atoms with Crippen LogP contribution in [0.4, 0.5) is 11.4 Å². The van der Waals surface area contributed by atoms with Gasteiger partial charge in [-0.05, 0) is 49.9 Å². The van der Waals surface area contributed by atoms with Crippen molar-refractivity contribution in [1.29, 1.82) is 0 Å². The molecule has 3 nitrogen and oxygen atoms in total. The van der Waals surface area contributed by atoms with Crippen LogP contribution in [0.25, 0.3) is 0 Å². The summed E-state index contributed by atoms with van der Waals surface area (Å²) >= 11 is 0. The Labute approximate surface area is 127 Å². The van der Waals surface area contributed by atoms with E-state index in [0.717, 1.165) is 18.5 Å². The Bertz CT molecular complexity index is 457. The average molecular weight is 286 g/mol. The third-order valence-corrected chi connectivity index (χ3v) is 4.58. The first kappa shape index (κ1) is 14.4. The van der Waals surface area contributed by atoms with E-state index in [2.05, 4.69) is 22.8 Å². The molecule has 2 saturated carbocycles. The zero-order chi connectivity index (χ0) is 14.5. The predicted octanol–water partition coefficient (Wildman–Crippen LogP) is 4.56. The summed E-state index contributed by atoms with van der Waals surface area (Å²) in [5.74, 6) is 0.438. The Morgan fingerprint density at radius 2 is 1.38 bits per heavy atom. The topological polar surface area (TPSA) is 41.1 Å². The summed E-state index contributed by atoms with van der Waals surface area (Å²) in [6, 6.07) is 8.79. The lowest BCUT2D eigenvalue weighted by atomic mass is 9.96. The smallest absolute Gasteiger partial charge is 0.227 e. The molecule has 0 atom stereocenters. The summed E-state index contributed by atoms with van der Waals surface area (Å²) in [5, 5.41) is 6.64. The first-order valence-corrected chi connectivity index (χ1v) is 8.49. The van der Waals surface area contributed by atoms with Crippen LogP contribution < -0.4 is 10.6 Å². The molecule has 1 amide bonds. The highest BCUT2D eigenvalue weighted by Gasteiger charge is 2.29. The molecule has 2 aliphatic carbocycles. The molecule has 0 radical (unpaired) electrons. The van der Waals surface area contributed by atoms with Gasteiger partial charge in [-0.3, -0.25) is 4.79 Å². The van der Waals surface area contributed by atoms with E-state index in [1.807, 2.05) is 12.1 Å². The van der Waals surface area contributed by atoms with E-state index in [9.17, 15) is 4.79 Å². The van der Waals surface area contributed by atoms with E-state index in [1.165, 1.54) is 50.6 Å². The molecular formula is C18H26N2O. The van der Waals surface area contributed by atoms with Gasteiger partial charge in [-0.1, -0.05) is 32.1 Å². The van der Waals surface area contributed by atoms with Crippen molar-refractivity contribution < 1.29 is 4.79 Å². The molecule has 2 N–H and O–H groups in total. The van der Waals surface area contributed by atoms with Crippen LogP contribution in [0, 0.1) is 5.92 Å². The van der Waals surface area contributed by atoms with Gasteiger partial charge in [-0.25, -0.2) is 0 Å². The largest absolute Gasteiger partial charge is 0.382 e. The van der Waals surface area contributed by atoms with Crippen LogP contribution in [0.2, 0.25) is 0 Å². The first-order chi connectivity index (χ1) is 10.3. The number of anilines is 2. The maximum atomic E-state index is 11.7. The van der Waals surface area contributed by atoms with Crippen LogP contribution >= 0.6 is 0 Å². The number of benzene rings is 1. The van der Waals surface area contributed by atoms with Crippen LogP contribution in [0.5, 0.6) is 0 Å². The minimum atomic E-state index is 0.177. The lowest BCUT2D eigenvalue weighted by molar-refractivity contribution is -0.117. The minimum Gasteiger partial charge on any atom is -0.382 e. The van der Waals surface area contributed by atoms with Gasteiger partial charge in [0, 0.05) is 23.3 Å². The van der Waals surface area contributed by atoms with Crippen molar-refractivity contribution in [3.8, 4) is 0 Å². The van der Waals surface area contributed by atoms with Crippen molar-refractivity contribution in [1.82, 2.24) is 0 Å². The Kier molecular flexibility index (Phi) is 4.79. The van der Waals surface area contributed by atoms with Gasteiger partial charge in [0.05, 0.1) is 0 Å². The third-order valence-electron chi connectivity index (χ3n) is 4.58. The number of nitrogens with one attached hydrogen (secondary N) is 2. The number of carbonyl (C=O) groups is 1. The number of amides is 1. The summed E-state index contributed by atoms with van der Waals surface area (Å²) in [5.41, 5.74) is 2.08. The summed E-state index contributed by atoms with van der Waals surface area (Å²) in [4.78, 5) is 11.7. The monoisotopic (exact) mass is 286 g/mol. The van der Waals surface area contributed by atoms with Crippen molar-refractivity contribution in [2.45, 2.75) is 63.8 Å². The second-order valence-electron chi connectivity index (χ2n) is 6.53. The van der Waals surface area contributed by atoms with E-state index in [1.54, 1.807) is 0 Å². The molecule has 3 rings (SSSR count). The quantitative estimate of drug-likeness (QED) is 0.852. The van der Waals surface area contributed by atoms with Crippen LogP contribution in [-0.2, 0) is 4.79 Å². The fourth-order valence-electron chi connectivity index (χ4n) is 3.08. The molecule has 0 bridgehead atoms. The lowest BCUT2D eigenvalue weighted by Gasteiger charge is -2.22. The zero-order valence-corrected chi connectivity index (χ0v) is 12.7. The number of hydrogen-bond donors (Lipinski definition) is 2. The maximum absolute atomic E-state index is 11.7. The first-order valence-electron chi connectivity index (χ1n) is 8.49. The summed E-state index contributed by atoms with van der Waals surface area (Å²) in [7, 11) is 0. The molecule has 0 aromatic heterocycles. The van der Waals surface area contributed by atoms with Crippen molar-refractivity contribution in [2.75, 3.05) is 10.6 Å². The van der Waals surface area contributed by atoms with Gasteiger partial charge < -0.3 is 10.6 Å². The molecule has 0 heterocycles. The van der Waals surface area contributed by atoms with E-state index in [0.29, 0.717) is 6.04 Å². The molecule has 3 heteroatoms. The standard InChI is InChI=1S/C18H26N2O/c21-18(14-8-9-14)20-17-12-10-16(11-13-17)19-15-6-4-2-1-3-5-7-15/h10-15,19H,1-9H2,(H,20,21). The molecule has 0 unspecified atom stereocenters. The van der Waals surface area contributed by atoms with E-state index >= 15 is 0 Å². The summed E-state index contributed by atoms with van der Waals surface area (Å²) in [6.07, 6.45) is 11.5. The van der Waals surface area contributed by atoms with E-state index in [4.69, 9.17) is 0 Å². The fraction of sp³-hybridized carbons (Fsp3) is 0.611. The van der Waals surface area contributed by atoms with Crippen molar-refractivity contribution in [2.24, 2.45) is 5.92 Å². The van der Waals surface area contributed by atoms with Crippen LogP contribution in [0.1, 0.15) is 57.8 Å². The Morgan fingerprint density at radius 1 is 0.810 bits per heavy atom. The maximum Gasteiger partial charge on any atom is 0.227 e. The highest BCUT2D eigenvalue weighted by Crippen LogP contribution is 2.30. The number of rotatable bonds is 4. The third kappa shape index (κ3) is 4.48. The summed E-state index contributed by atoms with van der Waals surface area (Å²) < 4.78 is 0.